The molecule has 0 radical (unpaired) electrons. The second-order valence-electron chi connectivity index (χ2n) is 12.0. The first-order valence-corrected chi connectivity index (χ1v) is 14.3. The first-order valence-electron chi connectivity index (χ1n) is 14.3. The van der Waals surface area contributed by atoms with Crippen molar-refractivity contribution in [1.82, 2.24) is 0 Å². The summed E-state index contributed by atoms with van der Waals surface area (Å²) in [5.41, 5.74) is 6.77. The zero-order chi connectivity index (χ0) is 26.1. The Hall–Kier alpha value is -2.81. The number of aryl methyl sites for hydroxylation is 2. The third-order valence-electron chi connectivity index (χ3n) is 9.17. The van der Waals surface area contributed by atoms with E-state index in [1.165, 1.54) is 11.1 Å². The van der Waals surface area contributed by atoms with E-state index in [-0.39, 0.29) is 29.2 Å². The lowest BCUT2D eigenvalue weighted by Crippen LogP contribution is -2.24. The van der Waals surface area contributed by atoms with Crippen molar-refractivity contribution in [1.29, 1.82) is 0 Å². The number of hydrogen-bond donors (Lipinski definition) is 0. The molecule has 3 aliphatic rings. The zero-order valence-corrected chi connectivity index (χ0v) is 22.6. The van der Waals surface area contributed by atoms with Crippen molar-refractivity contribution >= 4 is 22.9 Å². The van der Waals surface area contributed by atoms with E-state index in [1.54, 1.807) is 0 Å². The molecule has 37 heavy (non-hydrogen) atoms. The number of fused-ring (bicyclic) bond motifs is 1. The van der Waals surface area contributed by atoms with Gasteiger partial charge >= 0.3 is 0 Å². The highest BCUT2D eigenvalue weighted by molar-refractivity contribution is 6.54. The molecule has 3 heteroatoms. The first kappa shape index (κ1) is 25.8. The van der Waals surface area contributed by atoms with Gasteiger partial charge in [-0.1, -0.05) is 74.6 Å². The highest BCUT2D eigenvalue weighted by atomic mass is 16.2. The van der Waals surface area contributed by atoms with Crippen molar-refractivity contribution in [3.63, 3.8) is 0 Å². The highest BCUT2D eigenvalue weighted by Gasteiger charge is 2.33. The number of allylic oxidation sites excluding steroid dienone is 2. The normalized spacial score (nSPS) is 23.5. The Balaban J connectivity index is 1.27. The zero-order valence-electron chi connectivity index (χ0n) is 22.6. The van der Waals surface area contributed by atoms with Crippen LogP contribution >= 0.6 is 0 Å². The largest absolute Gasteiger partial charge is 0.294 e. The van der Waals surface area contributed by atoms with E-state index in [1.807, 2.05) is 19.1 Å². The lowest BCUT2D eigenvalue weighted by atomic mass is 9.76. The number of Topliss-reactive ketones (excluding diaryl/α,β-unsaturated/α-hetero) is 3. The fourth-order valence-electron chi connectivity index (χ4n) is 6.86. The molecular weight excluding hydrogens is 456 g/mol. The van der Waals surface area contributed by atoms with Gasteiger partial charge in [-0.15, -0.1) is 0 Å². The summed E-state index contributed by atoms with van der Waals surface area (Å²) in [4.78, 5) is 39.7. The monoisotopic (exact) mass is 496 g/mol. The molecule has 0 aliphatic heterocycles. The van der Waals surface area contributed by atoms with Gasteiger partial charge in [-0.25, -0.2) is 0 Å². The number of ketones is 3. The minimum Gasteiger partial charge on any atom is -0.294 e. The van der Waals surface area contributed by atoms with E-state index in [0.29, 0.717) is 23.8 Å². The van der Waals surface area contributed by atoms with E-state index >= 15 is 0 Å². The maximum absolute atomic E-state index is 13.7. The van der Waals surface area contributed by atoms with E-state index < -0.39 is 0 Å². The Morgan fingerprint density at radius 2 is 1.51 bits per heavy atom. The van der Waals surface area contributed by atoms with Gasteiger partial charge in [0.2, 0.25) is 11.6 Å². The summed E-state index contributed by atoms with van der Waals surface area (Å²) in [6.07, 6.45) is 11.8. The van der Waals surface area contributed by atoms with Gasteiger partial charge in [-0.2, -0.15) is 0 Å². The average molecular weight is 497 g/mol. The molecule has 0 heterocycles. The molecular formula is C34H40O3. The molecule has 0 aromatic heterocycles. The minimum absolute atomic E-state index is 0.0389. The van der Waals surface area contributed by atoms with Gasteiger partial charge in [-0.3, -0.25) is 14.4 Å². The molecule has 0 bridgehead atoms. The fourth-order valence-corrected chi connectivity index (χ4v) is 6.86. The Morgan fingerprint density at radius 1 is 0.838 bits per heavy atom. The van der Waals surface area contributed by atoms with Gasteiger partial charge in [0.25, 0.3) is 0 Å². The van der Waals surface area contributed by atoms with Crippen molar-refractivity contribution in [3.8, 4) is 0 Å². The molecule has 3 aliphatic carbocycles. The van der Waals surface area contributed by atoms with Crippen molar-refractivity contribution in [3.05, 3.63) is 75.9 Å². The van der Waals surface area contributed by atoms with Gasteiger partial charge in [-0.05, 0) is 86.1 Å². The second-order valence-corrected chi connectivity index (χ2v) is 12.0. The summed E-state index contributed by atoms with van der Waals surface area (Å²) in [5, 5.41) is 0. The molecule has 1 atom stereocenters. The van der Waals surface area contributed by atoms with Crippen LogP contribution in [-0.4, -0.2) is 17.3 Å². The summed E-state index contributed by atoms with van der Waals surface area (Å²) in [6.45, 7) is 6.19. The van der Waals surface area contributed by atoms with Crippen LogP contribution in [0.25, 0.3) is 5.57 Å². The second kappa shape index (κ2) is 10.9. The van der Waals surface area contributed by atoms with E-state index in [0.717, 1.165) is 80.0 Å². The fraction of sp³-hybridized carbons (Fsp3) is 0.500. The molecule has 0 spiro atoms. The molecule has 0 amide bonds. The molecule has 2 aromatic rings. The van der Waals surface area contributed by atoms with Crippen LogP contribution in [0.3, 0.4) is 0 Å². The summed E-state index contributed by atoms with van der Waals surface area (Å²) in [5.74, 6) is 0.677. The van der Waals surface area contributed by atoms with Gasteiger partial charge in [0, 0.05) is 29.4 Å². The summed E-state index contributed by atoms with van der Waals surface area (Å²) >= 11 is 0. The summed E-state index contributed by atoms with van der Waals surface area (Å²) in [7, 11) is 0. The van der Waals surface area contributed by atoms with Crippen LogP contribution in [-0.2, 0) is 16.0 Å². The third-order valence-corrected chi connectivity index (χ3v) is 9.17. The summed E-state index contributed by atoms with van der Waals surface area (Å²) < 4.78 is 0. The Labute approximate surface area is 221 Å². The lowest BCUT2D eigenvalue weighted by molar-refractivity contribution is -0.133. The average Bonchev–Trinajstić information content (AvgIpc) is 3.52. The standard InChI is InChI=1S/C34H40O3/c1-21-8-10-25(11-9-21)18-26-12-14-27(15-13-26)33(36)29-20-30-28(16-23(29)3)22(2)17-31(30)34(37)32(35)19-24-6-4-5-7-24/h8-11,16-17,20,22,24,26-27H,4-7,12-15,18-19H2,1-3H3. The molecule has 2 fully saturated rings. The van der Waals surface area contributed by atoms with Crippen LogP contribution in [0.4, 0.5) is 0 Å². The van der Waals surface area contributed by atoms with Crippen LogP contribution < -0.4 is 0 Å². The van der Waals surface area contributed by atoms with Crippen LogP contribution in [0, 0.1) is 31.6 Å². The maximum atomic E-state index is 13.7. The number of hydrogen-bond acceptors (Lipinski definition) is 3. The molecule has 0 N–H and O–H groups in total. The van der Waals surface area contributed by atoms with Crippen molar-refractivity contribution in [2.75, 3.05) is 0 Å². The summed E-state index contributed by atoms with van der Waals surface area (Å²) in [6, 6.07) is 12.8. The molecule has 3 nitrogen and oxygen atoms in total. The Morgan fingerprint density at radius 3 is 2.19 bits per heavy atom. The Bertz CT molecular complexity index is 1220. The number of benzene rings is 2. The predicted octanol–water partition coefficient (Wildman–Crippen LogP) is 7.75. The number of carbonyl (C=O) groups excluding carboxylic acids is 3. The molecule has 2 aromatic carbocycles. The van der Waals surface area contributed by atoms with Crippen molar-refractivity contribution in [2.45, 2.75) is 90.9 Å². The van der Waals surface area contributed by atoms with Gasteiger partial charge < -0.3 is 0 Å². The highest BCUT2D eigenvalue weighted by Crippen LogP contribution is 2.40. The van der Waals surface area contributed by atoms with Gasteiger partial charge in [0.1, 0.15) is 0 Å². The quantitative estimate of drug-likeness (QED) is 0.277. The molecule has 5 rings (SSSR count). The van der Waals surface area contributed by atoms with E-state index in [4.69, 9.17) is 0 Å². The van der Waals surface area contributed by atoms with E-state index in [2.05, 4.69) is 44.2 Å². The molecule has 1 unspecified atom stereocenters. The van der Waals surface area contributed by atoms with Gasteiger partial charge in [0.15, 0.2) is 5.78 Å². The van der Waals surface area contributed by atoms with Crippen molar-refractivity contribution < 1.29 is 14.4 Å². The molecule has 0 saturated heterocycles. The van der Waals surface area contributed by atoms with Crippen molar-refractivity contribution in [2.24, 2.45) is 17.8 Å². The van der Waals surface area contributed by atoms with Crippen LogP contribution in [0.1, 0.15) is 109 Å². The maximum Gasteiger partial charge on any atom is 0.228 e. The Kier molecular flexibility index (Phi) is 7.60. The van der Waals surface area contributed by atoms with E-state index in [9.17, 15) is 14.4 Å². The third kappa shape index (κ3) is 5.56. The first-order chi connectivity index (χ1) is 17.8. The van der Waals surface area contributed by atoms with Crippen LogP contribution in [0.5, 0.6) is 0 Å². The topological polar surface area (TPSA) is 51.2 Å². The smallest absolute Gasteiger partial charge is 0.228 e. The minimum atomic E-state index is -0.364. The number of carbonyl (C=O) groups is 3. The predicted molar refractivity (Wildman–Crippen MR) is 149 cm³/mol. The molecule has 194 valence electrons. The van der Waals surface area contributed by atoms with Gasteiger partial charge in [0.05, 0.1) is 0 Å². The molecule has 2 saturated carbocycles. The van der Waals surface area contributed by atoms with Crippen LogP contribution in [0.15, 0.2) is 42.5 Å². The lowest BCUT2D eigenvalue weighted by Gasteiger charge is -2.28. The SMILES string of the molecule is Cc1ccc(CC2CCC(C(=O)c3cc4c(cc3C)C(C)C=C4C(=O)C(=O)CC3CCCC3)CC2)cc1. The number of rotatable bonds is 8. The van der Waals surface area contributed by atoms with Crippen LogP contribution in [0.2, 0.25) is 0 Å².